The van der Waals surface area contributed by atoms with E-state index in [1.165, 1.54) is 18.0 Å². The summed E-state index contributed by atoms with van der Waals surface area (Å²) in [6.45, 7) is 3.39. The Morgan fingerprint density at radius 2 is 1.55 bits per heavy atom. The number of ether oxygens (including phenoxy) is 5. The van der Waals surface area contributed by atoms with E-state index >= 15 is 0 Å². The van der Waals surface area contributed by atoms with E-state index in [1.54, 1.807) is 28.1 Å². The van der Waals surface area contributed by atoms with Crippen LogP contribution in [0.3, 0.4) is 0 Å². The number of carbonyl (C=O) groups excluding carboxylic acids is 1. The Kier molecular flexibility index (Phi) is 9.79. The van der Waals surface area contributed by atoms with Crippen LogP contribution in [0.25, 0.3) is 11.2 Å². The van der Waals surface area contributed by atoms with E-state index in [1.807, 2.05) is 78.9 Å². The predicted octanol–water partition coefficient (Wildman–Crippen LogP) is 4.01. The molecule has 1 aliphatic rings. The topological polar surface area (TPSA) is 159 Å². The van der Waals surface area contributed by atoms with Crippen molar-refractivity contribution in [1.29, 1.82) is 0 Å². The second-order valence-electron chi connectivity index (χ2n) is 12.0. The van der Waals surface area contributed by atoms with Crippen molar-refractivity contribution in [2.45, 2.75) is 44.0 Å². The molecule has 0 aliphatic carbocycles. The molecule has 6 rings (SSSR count). The molecule has 0 saturated carbocycles. The molecule has 0 spiro atoms. The molecule has 3 N–H and O–H groups in total. The van der Waals surface area contributed by atoms with Gasteiger partial charge in [0.05, 0.1) is 27.2 Å². The van der Waals surface area contributed by atoms with E-state index in [2.05, 4.69) is 20.3 Å². The van der Waals surface area contributed by atoms with Crippen LogP contribution in [0.15, 0.2) is 90.0 Å². The van der Waals surface area contributed by atoms with Crippen molar-refractivity contribution in [3.05, 3.63) is 112 Å². The fourth-order valence-electron chi connectivity index (χ4n) is 6.05. The summed E-state index contributed by atoms with van der Waals surface area (Å²) in [6.07, 6.45) is -2.44. The van der Waals surface area contributed by atoms with E-state index in [0.717, 1.165) is 16.7 Å². The minimum atomic E-state index is -1.15. The fraction of sp³-hybridized carbons (Fsp3) is 0.333. The van der Waals surface area contributed by atoms with Gasteiger partial charge in [-0.1, -0.05) is 68.4 Å². The summed E-state index contributed by atoms with van der Waals surface area (Å²) in [5.74, 6) is 0.692. The van der Waals surface area contributed by atoms with Crippen LogP contribution in [0.5, 0.6) is 11.5 Å². The quantitative estimate of drug-likeness (QED) is 0.166. The largest absolute Gasteiger partial charge is 0.497 e. The fourth-order valence-corrected chi connectivity index (χ4v) is 6.05. The number of imidazole rings is 1. The first-order chi connectivity index (χ1) is 23.7. The van der Waals surface area contributed by atoms with Crippen molar-refractivity contribution in [3.63, 3.8) is 0 Å². The Hall–Kier alpha value is -5.08. The third-order valence-electron chi connectivity index (χ3n) is 8.69. The van der Waals surface area contributed by atoms with Crippen LogP contribution >= 0.6 is 0 Å². The molecule has 3 heterocycles. The minimum Gasteiger partial charge on any atom is -0.497 e. The molecule has 1 amide bonds. The van der Waals surface area contributed by atoms with Gasteiger partial charge in [0.1, 0.15) is 35.4 Å². The maximum Gasteiger partial charge on any atom is 0.280 e. The number of aliphatic hydroxyl groups is 1. The van der Waals surface area contributed by atoms with E-state index in [9.17, 15) is 14.7 Å². The van der Waals surface area contributed by atoms with Crippen molar-refractivity contribution in [2.75, 3.05) is 33.3 Å². The molecule has 0 radical (unpaired) electrons. The lowest BCUT2D eigenvalue weighted by Crippen LogP contribution is -2.40. The first kappa shape index (κ1) is 33.8. The molecule has 49 heavy (non-hydrogen) atoms. The number of nitrogens with one attached hydrogen (secondary N) is 2. The van der Waals surface area contributed by atoms with Gasteiger partial charge in [-0.15, -0.1) is 0 Å². The number of carbonyl (C=O) groups is 1. The molecule has 13 nitrogen and oxygen atoms in total. The van der Waals surface area contributed by atoms with E-state index < -0.39 is 35.7 Å². The Labute approximate surface area is 282 Å². The summed E-state index contributed by atoms with van der Waals surface area (Å²) in [5, 5.41) is 14.2. The van der Waals surface area contributed by atoms with Crippen molar-refractivity contribution >= 4 is 23.0 Å². The van der Waals surface area contributed by atoms with Gasteiger partial charge in [-0.25, -0.2) is 4.98 Å². The maximum atomic E-state index is 12.9. The summed E-state index contributed by atoms with van der Waals surface area (Å²) in [6, 6.07) is 25.0. The van der Waals surface area contributed by atoms with Crippen LogP contribution in [0.1, 0.15) is 36.8 Å². The second kappa shape index (κ2) is 14.2. The van der Waals surface area contributed by atoms with Gasteiger partial charge >= 0.3 is 0 Å². The van der Waals surface area contributed by atoms with Gasteiger partial charge in [0.15, 0.2) is 17.4 Å². The standard InChI is InChI=1S/C36H39N5O8/c1-21(2)32(43)39-35-38-31-28(33(44)40-35)37-20-41(31)34-30(47-5)29(42)27(49-34)19-48-36(22-9-7-6-8-10-22,23-11-15-25(45-3)16-12-23)24-13-17-26(46-4)18-14-24/h6-18,20-21,27,29-30,34,42H,19H2,1-5H3,(H2,38,39,40,43,44)/t27?,29?,30-,34?/m0/s1. The molecular formula is C36H39N5O8. The van der Waals surface area contributed by atoms with E-state index in [4.69, 9.17) is 23.7 Å². The van der Waals surface area contributed by atoms with Gasteiger partial charge in [-0.05, 0) is 41.0 Å². The third kappa shape index (κ3) is 6.41. The summed E-state index contributed by atoms with van der Waals surface area (Å²) < 4.78 is 31.6. The number of benzene rings is 3. The van der Waals surface area contributed by atoms with Crippen molar-refractivity contribution in [1.82, 2.24) is 19.5 Å². The second-order valence-corrected chi connectivity index (χ2v) is 12.0. The number of aromatic amines is 1. The van der Waals surface area contributed by atoms with E-state index in [0.29, 0.717) is 11.5 Å². The first-order valence-electron chi connectivity index (χ1n) is 15.8. The molecule has 256 valence electrons. The molecular weight excluding hydrogens is 630 g/mol. The number of anilines is 1. The molecule has 5 aromatic rings. The van der Waals surface area contributed by atoms with Gasteiger partial charge in [0, 0.05) is 13.0 Å². The number of rotatable bonds is 12. The number of nitrogens with zero attached hydrogens (tertiary/aromatic N) is 3. The molecule has 3 unspecified atom stereocenters. The highest BCUT2D eigenvalue weighted by Gasteiger charge is 2.48. The van der Waals surface area contributed by atoms with Gasteiger partial charge < -0.3 is 28.8 Å². The highest BCUT2D eigenvalue weighted by Crippen LogP contribution is 2.43. The zero-order chi connectivity index (χ0) is 34.7. The minimum absolute atomic E-state index is 0.0306. The van der Waals surface area contributed by atoms with Crippen LogP contribution < -0.4 is 20.3 Å². The van der Waals surface area contributed by atoms with Crippen LogP contribution in [-0.2, 0) is 24.6 Å². The SMILES string of the molecule is COc1ccc(C(OCC2OC(n3cnc4c(=O)[nH]c(NC(=O)C(C)C)nc43)[C@@H](OC)C2O)(c2ccccc2)c2ccc(OC)cc2)cc1. The number of fused-ring (bicyclic) bond motifs is 1. The Morgan fingerprint density at radius 3 is 2.10 bits per heavy atom. The summed E-state index contributed by atoms with van der Waals surface area (Å²) in [5.41, 5.74) is 0.980. The highest BCUT2D eigenvalue weighted by molar-refractivity contribution is 5.91. The number of methoxy groups -OCH3 is 3. The third-order valence-corrected chi connectivity index (χ3v) is 8.69. The first-order valence-corrected chi connectivity index (χ1v) is 15.8. The molecule has 2 aromatic heterocycles. The average Bonchev–Trinajstić information content (AvgIpc) is 3.69. The van der Waals surface area contributed by atoms with Crippen molar-refractivity contribution in [3.8, 4) is 11.5 Å². The number of aromatic nitrogens is 4. The highest BCUT2D eigenvalue weighted by atomic mass is 16.6. The maximum absolute atomic E-state index is 12.9. The normalized spacial score (nSPS) is 19.3. The molecule has 1 fully saturated rings. The number of H-pyrrole nitrogens is 1. The lowest BCUT2D eigenvalue weighted by Gasteiger charge is -2.37. The van der Waals surface area contributed by atoms with Crippen LogP contribution in [-0.4, -0.2) is 76.8 Å². The van der Waals surface area contributed by atoms with E-state index in [-0.39, 0.29) is 35.5 Å². The Morgan fingerprint density at radius 1 is 0.959 bits per heavy atom. The number of amides is 1. The van der Waals surface area contributed by atoms with Crippen LogP contribution in [0, 0.1) is 5.92 Å². The molecule has 0 bridgehead atoms. The van der Waals surface area contributed by atoms with Crippen LogP contribution in [0.2, 0.25) is 0 Å². The lowest BCUT2D eigenvalue weighted by atomic mass is 9.80. The molecule has 1 aliphatic heterocycles. The number of aliphatic hydroxyl groups excluding tert-OH is 1. The number of hydrogen-bond acceptors (Lipinski definition) is 10. The molecule has 4 atom stereocenters. The van der Waals surface area contributed by atoms with Gasteiger partial charge in [-0.2, -0.15) is 4.98 Å². The molecule has 13 heteroatoms. The predicted molar refractivity (Wildman–Crippen MR) is 181 cm³/mol. The molecule has 3 aromatic carbocycles. The average molecular weight is 670 g/mol. The Bertz CT molecular complexity index is 1900. The Balaban J connectivity index is 1.38. The summed E-state index contributed by atoms with van der Waals surface area (Å²) >= 11 is 0. The van der Waals surface area contributed by atoms with Gasteiger partial charge in [0.2, 0.25) is 11.9 Å². The summed E-state index contributed by atoms with van der Waals surface area (Å²) in [4.78, 5) is 36.5. The van der Waals surface area contributed by atoms with Crippen molar-refractivity contribution < 1.29 is 33.6 Å². The lowest BCUT2D eigenvalue weighted by molar-refractivity contribution is -0.118. The van der Waals surface area contributed by atoms with Crippen LogP contribution in [0.4, 0.5) is 5.95 Å². The molecule has 1 saturated heterocycles. The van der Waals surface area contributed by atoms with Crippen molar-refractivity contribution in [2.24, 2.45) is 5.92 Å². The van der Waals surface area contributed by atoms with Gasteiger partial charge in [0.25, 0.3) is 5.56 Å². The zero-order valence-corrected chi connectivity index (χ0v) is 27.8. The smallest absolute Gasteiger partial charge is 0.280 e. The number of hydrogen-bond donors (Lipinski definition) is 3. The zero-order valence-electron chi connectivity index (χ0n) is 27.8. The van der Waals surface area contributed by atoms with Gasteiger partial charge in [-0.3, -0.25) is 24.5 Å². The monoisotopic (exact) mass is 669 g/mol. The summed E-state index contributed by atoms with van der Waals surface area (Å²) in [7, 11) is 4.68.